The summed E-state index contributed by atoms with van der Waals surface area (Å²) in [5.41, 5.74) is 18.3. The van der Waals surface area contributed by atoms with Gasteiger partial charge in [-0.2, -0.15) is 0 Å². The summed E-state index contributed by atoms with van der Waals surface area (Å²) in [5.74, 6) is 0.945. The molecule has 0 amide bonds. The van der Waals surface area contributed by atoms with Crippen LogP contribution in [0, 0.1) is 0 Å². The lowest BCUT2D eigenvalue weighted by Crippen LogP contribution is -2.18. The number of azide groups is 2. The molecule has 0 saturated heterocycles. The monoisotopic (exact) mass is 310 g/mol. The van der Waals surface area contributed by atoms with Gasteiger partial charge in [0, 0.05) is 15.2 Å². The molecule has 0 unspecified atom stereocenters. The second-order valence-corrected chi connectivity index (χ2v) is 5.20. The Kier molecular flexibility index (Phi) is 4.94. The van der Waals surface area contributed by atoms with E-state index in [0.29, 0.717) is 11.5 Å². The van der Waals surface area contributed by atoms with E-state index in [-0.39, 0.29) is 5.41 Å². The summed E-state index contributed by atoms with van der Waals surface area (Å²) in [6, 6.07) is 14.6. The van der Waals surface area contributed by atoms with Crippen LogP contribution in [0.25, 0.3) is 20.9 Å². The lowest BCUT2D eigenvalue weighted by Gasteiger charge is -2.26. The number of rotatable bonds is 6. The van der Waals surface area contributed by atoms with Crippen molar-refractivity contribution in [2.45, 2.75) is 19.3 Å². The summed E-state index contributed by atoms with van der Waals surface area (Å²) in [5, 5.41) is 6.12. The molecule has 0 saturated carbocycles. The molecule has 0 radical (unpaired) electrons. The average Bonchev–Trinajstić information content (AvgIpc) is 2.59. The van der Waals surface area contributed by atoms with Crippen LogP contribution in [0.1, 0.15) is 25.0 Å². The molecule has 0 bridgehead atoms. The Hall–Kier alpha value is -3.34. The fourth-order valence-electron chi connectivity index (χ4n) is 2.16. The van der Waals surface area contributed by atoms with Crippen LogP contribution in [-0.4, -0.2) is 0 Å². The average molecular weight is 310 g/mol. The Bertz CT molecular complexity index is 692. The highest BCUT2D eigenvalue weighted by Crippen LogP contribution is 2.33. The molecular weight excluding hydrogens is 296 g/mol. The molecule has 23 heavy (non-hydrogen) atoms. The SMILES string of the molecule is CC(C)(c1ccc(ON=[N+]=[N-])cc1)c1ccc(ON=[N+]=[N-])cc1. The van der Waals surface area contributed by atoms with Gasteiger partial charge in [0.25, 0.3) is 0 Å². The van der Waals surface area contributed by atoms with Gasteiger partial charge in [0.15, 0.2) is 0 Å². The van der Waals surface area contributed by atoms with Crippen LogP contribution < -0.4 is 9.68 Å². The van der Waals surface area contributed by atoms with Crippen LogP contribution in [0.5, 0.6) is 11.5 Å². The largest absolute Gasteiger partial charge is 0.394 e. The summed E-state index contributed by atoms with van der Waals surface area (Å²) in [7, 11) is 0. The van der Waals surface area contributed by atoms with Crippen molar-refractivity contribution < 1.29 is 9.68 Å². The minimum atomic E-state index is -0.256. The summed E-state index contributed by atoms with van der Waals surface area (Å²) >= 11 is 0. The highest BCUT2D eigenvalue weighted by Gasteiger charge is 2.23. The van der Waals surface area contributed by atoms with E-state index >= 15 is 0 Å². The van der Waals surface area contributed by atoms with Gasteiger partial charge in [-0.3, -0.25) is 0 Å². The Morgan fingerprint density at radius 1 is 0.739 bits per heavy atom. The molecule has 0 aliphatic carbocycles. The first-order chi connectivity index (χ1) is 11.1. The molecule has 0 heterocycles. The zero-order valence-corrected chi connectivity index (χ0v) is 12.6. The van der Waals surface area contributed by atoms with Gasteiger partial charge in [0.1, 0.15) is 22.1 Å². The second-order valence-electron chi connectivity index (χ2n) is 5.20. The Morgan fingerprint density at radius 3 is 1.39 bits per heavy atom. The quantitative estimate of drug-likeness (QED) is 0.315. The van der Waals surface area contributed by atoms with Crippen LogP contribution >= 0.6 is 0 Å². The number of hydrogen-bond donors (Lipinski definition) is 0. The minimum Gasteiger partial charge on any atom is -0.394 e. The first kappa shape index (κ1) is 16.0. The normalized spacial score (nSPS) is 10.2. The van der Waals surface area contributed by atoms with Gasteiger partial charge >= 0.3 is 0 Å². The molecule has 2 rings (SSSR count). The zero-order valence-electron chi connectivity index (χ0n) is 12.6. The molecule has 2 aromatic rings. The van der Waals surface area contributed by atoms with Crippen molar-refractivity contribution in [3.05, 3.63) is 80.5 Å². The van der Waals surface area contributed by atoms with E-state index in [1.54, 1.807) is 24.3 Å². The highest BCUT2D eigenvalue weighted by atomic mass is 16.6. The van der Waals surface area contributed by atoms with Crippen LogP contribution in [0.2, 0.25) is 0 Å². The van der Waals surface area contributed by atoms with E-state index in [2.05, 4.69) is 34.2 Å². The maximum atomic E-state index is 8.23. The second kappa shape index (κ2) is 7.09. The predicted molar refractivity (Wildman–Crippen MR) is 84.6 cm³/mol. The molecule has 8 nitrogen and oxygen atoms in total. The number of nitrogens with zero attached hydrogens (tertiary/aromatic N) is 6. The van der Waals surface area contributed by atoms with Gasteiger partial charge in [-0.25, -0.2) is 0 Å². The van der Waals surface area contributed by atoms with Gasteiger partial charge in [0.05, 0.1) is 0 Å². The summed E-state index contributed by atoms with van der Waals surface area (Å²) in [6.45, 7) is 4.17. The predicted octanol–water partition coefficient (Wildman–Crippen LogP) is 5.22. The summed E-state index contributed by atoms with van der Waals surface area (Å²) in [4.78, 5) is 14.7. The van der Waals surface area contributed by atoms with Gasteiger partial charge in [-0.05, 0) is 46.5 Å². The zero-order chi connectivity index (χ0) is 16.7. The lowest BCUT2D eigenvalue weighted by molar-refractivity contribution is 0.332. The van der Waals surface area contributed by atoms with Crippen LogP contribution in [0.3, 0.4) is 0 Å². The van der Waals surface area contributed by atoms with Gasteiger partial charge in [0.2, 0.25) is 0 Å². The van der Waals surface area contributed by atoms with Crippen LogP contribution in [0.4, 0.5) is 0 Å². The van der Waals surface area contributed by atoms with Crippen molar-refractivity contribution in [1.29, 1.82) is 0 Å². The Morgan fingerprint density at radius 2 is 1.09 bits per heavy atom. The fraction of sp³-hybridized carbons (Fsp3) is 0.200. The van der Waals surface area contributed by atoms with Gasteiger partial charge in [-0.1, -0.05) is 38.1 Å². The molecular formula is C15H14N6O2. The Labute approximate surface area is 132 Å². The topological polar surface area (TPSA) is 116 Å². The molecule has 0 aliphatic rings. The van der Waals surface area contributed by atoms with Crippen molar-refractivity contribution in [2.75, 3.05) is 0 Å². The molecule has 0 N–H and O–H groups in total. The smallest absolute Gasteiger partial charge is 0.136 e. The fourth-order valence-corrected chi connectivity index (χ4v) is 2.16. The van der Waals surface area contributed by atoms with Crippen molar-refractivity contribution in [2.24, 2.45) is 10.6 Å². The number of hydrogen-bond acceptors (Lipinski definition) is 4. The van der Waals surface area contributed by atoms with E-state index < -0.39 is 0 Å². The molecule has 8 heteroatoms. The molecule has 2 aromatic carbocycles. The first-order valence-electron chi connectivity index (χ1n) is 6.72. The van der Waals surface area contributed by atoms with E-state index in [9.17, 15) is 0 Å². The van der Waals surface area contributed by atoms with Crippen LogP contribution in [-0.2, 0) is 5.41 Å². The highest BCUT2D eigenvalue weighted by molar-refractivity contribution is 5.41. The third kappa shape index (κ3) is 3.85. The third-order valence-electron chi connectivity index (χ3n) is 3.52. The molecule has 0 aromatic heterocycles. The first-order valence-corrected chi connectivity index (χ1v) is 6.72. The summed E-state index contributed by atoms with van der Waals surface area (Å²) in [6.07, 6.45) is 0. The van der Waals surface area contributed by atoms with E-state index in [1.807, 2.05) is 24.3 Å². The standard InChI is InChI=1S/C15H14N6O2/c1-15(2,11-3-7-13(8-4-11)22-20-18-16)12-5-9-14(10-6-12)23-21-19-17/h3-10H,1-2H3. The molecule has 0 aliphatic heterocycles. The molecule has 0 fully saturated rings. The van der Waals surface area contributed by atoms with E-state index in [1.165, 1.54) is 0 Å². The van der Waals surface area contributed by atoms with Crippen molar-refractivity contribution >= 4 is 0 Å². The maximum absolute atomic E-state index is 8.23. The van der Waals surface area contributed by atoms with Crippen LogP contribution in [0.15, 0.2) is 59.1 Å². The lowest BCUT2D eigenvalue weighted by atomic mass is 9.78. The Balaban J connectivity index is 2.22. The van der Waals surface area contributed by atoms with Crippen molar-refractivity contribution in [3.63, 3.8) is 0 Å². The third-order valence-corrected chi connectivity index (χ3v) is 3.52. The van der Waals surface area contributed by atoms with Gasteiger partial charge in [-0.15, -0.1) is 0 Å². The van der Waals surface area contributed by atoms with E-state index in [4.69, 9.17) is 20.7 Å². The van der Waals surface area contributed by atoms with E-state index in [0.717, 1.165) is 11.1 Å². The molecule has 116 valence electrons. The van der Waals surface area contributed by atoms with Crippen molar-refractivity contribution in [3.8, 4) is 11.5 Å². The van der Waals surface area contributed by atoms with Gasteiger partial charge < -0.3 is 9.68 Å². The maximum Gasteiger partial charge on any atom is 0.136 e. The molecule has 0 spiro atoms. The van der Waals surface area contributed by atoms with Crippen molar-refractivity contribution in [1.82, 2.24) is 0 Å². The summed E-state index contributed by atoms with van der Waals surface area (Å²) < 4.78 is 0. The molecule has 0 atom stereocenters. The minimum absolute atomic E-state index is 0.256. The number of benzene rings is 2.